The summed E-state index contributed by atoms with van der Waals surface area (Å²) in [5.74, 6) is 0.162. The van der Waals surface area contributed by atoms with Crippen LogP contribution in [0.4, 0.5) is 5.69 Å². The van der Waals surface area contributed by atoms with Crippen LogP contribution in [0, 0.1) is 26.7 Å². The number of aliphatic hydroxyl groups is 1. The molecule has 1 fully saturated rings. The van der Waals surface area contributed by atoms with Crippen LogP contribution in [-0.4, -0.2) is 45.4 Å². The molecule has 2 aromatic rings. The molecular formula is C25H36N2O4S. The summed E-state index contributed by atoms with van der Waals surface area (Å²) in [6.07, 6.45) is -0.728. The van der Waals surface area contributed by atoms with E-state index in [9.17, 15) is 13.5 Å². The Morgan fingerprint density at radius 1 is 1.09 bits per heavy atom. The zero-order valence-corrected chi connectivity index (χ0v) is 20.8. The molecular weight excluding hydrogens is 424 g/mol. The second-order valence-electron chi connectivity index (χ2n) is 9.70. The van der Waals surface area contributed by atoms with E-state index in [0.717, 1.165) is 11.1 Å². The van der Waals surface area contributed by atoms with Gasteiger partial charge in [0, 0.05) is 13.1 Å². The number of ether oxygens (including phenoxy) is 1. The van der Waals surface area contributed by atoms with Gasteiger partial charge in [0.05, 0.1) is 35.4 Å². The summed E-state index contributed by atoms with van der Waals surface area (Å²) in [6.45, 7) is 13.8. The third-order valence-corrected chi connectivity index (χ3v) is 7.81. The van der Waals surface area contributed by atoms with Gasteiger partial charge in [0.2, 0.25) is 0 Å². The second kappa shape index (κ2) is 9.51. The Morgan fingerprint density at radius 3 is 2.31 bits per heavy atom. The SMILES string of the molecule is Cc1ccc(N(CC(C)C)S(=O)(=O)c2ccc(C(O)CNC3(C)COC3)cc2C)c(C)c1. The number of aryl methyl sites for hydroxylation is 3. The lowest BCUT2D eigenvalue weighted by atomic mass is 9.99. The van der Waals surface area contributed by atoms with E-state index in [1.807, 2.05) is 45.9 Å². The number of hydrogen-bond acceptors (Lipinski definition) is 5. The third-order valence-electron chi connectivity index (χ3n) is 5.87. The molecule has 0 amide bonds. The van der Waals surface area contributed by atoms with Crippen molar-refractivity contribution < 1.29 is 18.3 Å². The highest BCUT2D eigenvalue weighted by atomic mass is 32.2. The van der Waals surface area contributed by atoms with Crippen LogP contribution in [0.3, 0.4) is 0 Å². The maximum atomic E-state index is 13.7. The van der Waals surface area contributed by atoms with Gasteiger partial charge in [-0.25, -0.2) is 8.42 Å². The molecule has 7 heteroatoms. The van der Waals surface area contributed by atoms with Gasteiger partial charge in [-0.2, -0.15) is 0 Å². The number of sulfonamides is 1. The molecule has 176 valence electrons. The number of benzene rings is 2. The molecule has 1 unspecified atom stereocenters. The predicted molar refractivity (Wildman–Crippen MR) is 129 cm³/mol. The van der Waals surface area contributed by atoms with Crippen LogP contribution in [0.1, 0.15) is 49.1 Å². The van der Waals surface area contributed by atoms with Crippen molar-refractivity contribution in [3.63, 3.8) is 0 Å². The van der Waals surface area contributed by atoms with Gasteiger partial charge < -0.3 is 15.2 Å². The molecule has 1 saturated heterocycles. The van der Waals surface area contributed by atoms with Crippen molar-refractivity contribution in [3.05, 3.63) is 58.7 Å². The van der Waals surface area contributed by atoms with Crippen LogP contribution in [0.25, 0.3) is 0 Å². The summed E-state index contributed by atoms with van der Waals surface area (Å²) in [4.78, 5) is 0.265. The maximum Gasteiger partial charge on any atom is 0.264 e. The molecule has 2 aromatic carbocycles. The van der Waals surface area contributed by atoms with E-state index < -0.39 is 16.1 Å². The minimum absolute atomic E-state index is 0.109. The second-order valence-corrected chi connectivity index (χ2v) is 11.5. The minimum atomic E-state index is -3.77. The van der Waals surface area contributed by atoms with Crippen molar-refractivity contribution in [2.24, 2.45) is 5.92 Å². The van der Waals surface area contributed by atoms with Gasteiger partial charge in [-0.3, -0.25) is 4.31 Å². The van der Waals surface area contributed by atoms with E-state index in [0.29, 0.717) is 43.1 Å². The first-order chi connectivity index (χ1) is 14.9. The normalized spacial score (nSPS) is 16.6. The van der Waals surface area contributed by atoms with Crippen LogP contribution in [-0.2, 0) is 14.8 Å². The van der Waals surface area contributed by atoms with Crippen molar-refractivity contribution in [1.82, 2.24) is 5.32 Å². The van der Waals surface area contributed by atoms with Gasteiger partial charge in [0.15, 0.2) is 0 Å². The lowest BCUT2D eigenvalue weighted by molar-refractivity contribution is -0.0679. The fraction of sp³-hybridized carbons (Fsp3) is 0.520. The quantitative estimate of drug-likeness (QED) is 0.594. The van der Waals surface area contributed by atoms with E-state index in [2.05, 4.69) is 12.2 Å². The number of anilines is 1. The molecule has 3 rings (SSSR count). The molecule has 6 nitrogen and oxygen atoms in total. The van der Waals surface area contributed by atoms with Crippen LogP contribution >= 0.6 is 0 Å². The van der Waals surface area contributed by atoms with Gasteiger partial charge in [-0.15, -0.1) is 0 Å². The first-order valence-corrected chi connectivity index (χ1v) is 12.6. The fourth-order valence-corrected chi connectivity index (χ4v) is 5.90. The molecule has 1 aliphatic rings. The topological polar surface area (TPSA) is 78.9 Å². The number of aliphatic hydroxyl groups excluding tert-OH is 1. The largest absolute Gasteiger partial charge is 0.387 e. The van der Waals surface area contributed by atoms with Crippen LogP contribution in [0.2, 0.25) is 0 Å². The molecule has 0 bridgehead atoms. The van der Waals surface area contributed by atoms with Crippen LogP contribution in [0.15, 0.2) is 41.3 Å². The van der Waals surface area contributed by atoms with Crippen LogP contribution in [0.5, 0.6) is 0 Å². The summed E-state index contributed by atoms with van der Waals surface area (Å²) in [6, 6.07) is 10.9. The Balaban J connectivity index is 1.89. The molecule has 32 heavy (non-hydrogen) atoms. The molecule has 1 atom stereocenters. The Labute approximate surface area is 192 Å². The molecule has 1 heterocycles. The summed E-state index contributed by atoms with van der Waals surface area (Å²) in [5.41, 5.74) is 3.94. The first kappa shape index (κ1) is 24.7. The Kier molecular flexibility index (Phi) is 7.34. The Morgan fingerprint density at radius 2 is 1.78 bits per heavy atom. The van der Waals surface area contributed by atoms with E-state index >= 15 is 0 Å². The van der Waals surface area contributed by atoms with Gasteiger partial charge in [-0.1, -0.05) is 43.7 Å². The minimum Gasteiger partial charge on any atom is -0.387 e. The van der Waals surface area contributed by atoms with Gasteiger partial charge in [-0.05, 0) is 62.4 Å². The molecule has 0 aliphatic carbocycles. The lowest BCUT2D eigenvalue weighted by Gasteiger charge is -2.39. The smallest absolute Gasteiger partial charge is 0.264 e. The zero-order chi connectivity index (χ0) is 23.7. The predicted octanol–water partition coefficient (Wildman–Crippen LogP) is 3.88. The lowest BCUT2D eigenvalue weighted by Crippen LogP contribution is -2.58. The number of rotatable bonds is 9. The third kappa shape index (κ3) is 5.34. The zero-order valence-electron chi connectivity index (χ0n) is 20.0. The first-order valence-electron chi connectivity index (χ1n) is 11.1. The molecule has 0 aromatic heterocycles. The van der Waals surface area contributed by atoms with Gasteiger partial charge in [0.25, 0.3) is 10.0 Å². The number of hydrogen-bond donors (Lipinski definition) is 2. The standard InChI is InChI=1S/C25H36N2O4S/c1-17(2)14-27(22-9-7-18(3)11-19(22)4)32(29,30)24-10-8-21(12-20(24)5)23(28)13-26-25(6)15-31-16-25/h7-12,17,23,26,28H,13-16H2,1-6H3. The Bertz CT molecular complexity index is 1060. The van der Waals surface area contributed by atoms with Crippen molar-refractivity contribution in [2.45, 2.75) is 58.1 Å². The van der Waals surface area contributed by atoms with Crippen LogP contribution < -0.4 is 9.62 Å². The van der Waals surface area contributed by atoms with E-state index in [-0.39, 0.29) is 16.4 Å². The number of nitrogens with one attached hydrogen (secondary N) is 1. The average molecular weight is 461 g/mol. The average Bonchev–Trinajstić information content (AvgIpc) is 2.68. The molecule has 1 aliphatic heterocycles. The Hall–Kier alpha value is -1.93. The van der Waals surface area contributed by atoms with Crippen molar-refractivity contribution in [2.75, 3.05) is 30.6 Å². The van der Waals surface area contributed by atoms with Crippen molar-refractivity contribution in [1.29, 1.82) is 0 Å². The monoisotopic (exact) mass is 460 g/mol. The molecule has 0 radical (unpaired) electrons. The van der Waals surface area contributed by atoms with Crippen molar-refractivity contribution >= 4 is 15.7 Å². The molecule has 0 saturated carbocycles. The highest BCUT2D eigenvalue weighted by molar-refractivity contribution is 7.92. The van der Waals surface area contributed by atoms with E-state index in [1.165, 1.54) is 4.31 Å². The highest BCUT2D eigenvalue weighted by Crippen LogP contribution is 2.31. The molecule has 2 N–H and O–H groups in total. The summed E-state index contributed by atoms with van der Waals surface area (Å²) < 4.78 is 34.2. The highest BCUT2D eigenvalue weighted by Gasteiger charge is 2.33. The number of nitrogens with zero attached hydrogens (tertiary/aromatic N) is 1. The molecule has 0 spiro atoms. The summed E-state index contributed by atoms with van der Waals surface area (Å²) in [5, 5.41) is 14.0. The summed E-state index contributed by atoms with van der Waals surface area (Å²) in [7, 11) is -3.77. The fourth-order valence-electron chi connectivity index (χ4n) is 4.00. The van der Waals surface area contributed by atoms with Crippen molar-refractivity contribution in [3.8, 4) is 0 Å². The van der Waals surface area contributed by atoms with Gasteiger partial charge in [0.1, 0.15) is 0 Å². The number of β-amino-alcohol motifs (C(OH)–C–C–N with tert-alkyl or cyclic N) is 1. The maximum absolute atomic E-state index is 13.7. The van der Waals surface area contributed by atoms with E-state index in [1.54, 1.807) is 25.1 Å². The van der Waals surface area contributed by atoms with E-state index in [4.69, 9.17) is 4.74 Å². The summed E-state index contributed by atoms with van der Waals surface area (Å²) >= 11 is 0. The van der Waals surface area contributed by atoms with Gasteiger partial charge >= 0.3 is 0 Å².